The van der Waals surface area contributed by atoms with Gasteiger partial charge >= 0.3 is 0 Å². The molecule has 6 nitrogen and oxygen atoms in total. The first-order valence-corrected chi connectivity index (χ1v) is 9.96. The molecule has 0 atom stereocenters. The molecule has 1 amide bonds. The quantitative estimate of drug-likeness (QED) is 0.345. The van der Waals surface area contributed by atoms with Gasteiger partial charge in [-0.05, 0) is 61.7 Å². The van der Waals surface area contributed by atoms with E-state index in [1.54, 1.807) is 12.1 Å². The first-order valence-electron chi connectivity index (χ1n) is 9.96. The molecule has 1 aliphatic rings. The van der Waals surface area contributed by atoms with Gasteiger partial charge in [0.15, 0.2) is 5.96 Å². The highest BCUT2D eigenvalue weighted by atomic mass is 19.1. The van der Waals surface area contributed by atoms with Crippen LogP contribution in [0, 0.1) is 11.7 Å². The Bertz CT molecular complexity index is 818. The highest BCUT2D eigenvalue weighted by Crippen LogP contribution is 2.28. The number of amides is 1. The molecule has 154 valence electrons. The van der Waals surface area contributed by atoms with Crippen LogP contribution in [0.4, 0.5) is 4.39 Å². The van der Waals surface area contributed by atoms with Crippen LogP contribution in [0.5, 0.6) is 11.5 Å². The lowest BCUT2D eigenvalue weighted by Gasteiger charge is -2.12. The average Bonchev–Trinajstić information content (AvgIpc) is 3.57. The Morgan fingerprint density at radius 1 is 1.00 bits per heavy atom. The van der Waals surface area contributed by atoms with Gasteiger partial charge in [-0.15, -0.1) is 0 Å². The summed E-state index contributed by atoms with van der Waals surface area (Å²) in [4.78, 5) is 16.2. The monoisotopic (exact) mass is 398 g/mol. The van der Waals surface area contributed by atoms with E-state index in [0.29, 0.717) is 37.1 Å². The van der Waals surface area contributed by atoms with Crippen molar-refractivity contribution in [1.29, 1.82) is 0 Å². The van der Waals surface area contributed by atoms with Gasteiger partial charge in [0.1, 0.15) is 17.3 Å². The Kier molecular flexibility index (Phi) is 7.44. The zero-order valence-corrected chi connectivity index (χ0v) is 16.6. The highest BCUT2D eigenvalue weighted by molar-refractivity contribution is 5.81. The number of hydrogen-bond acceptors (Lipinski definition) is 3. The van der Waals surface area contributed by atoms with Crippen LogP contribution in [-0.4, -0.2) is 31.5 Å². The summed E-state index contributed by atoms with van der Waals surface area (Å²) in [6, 6.07) is 13.5. The number of nitrogens with one attached hydrogen (secondary N) is 3. The Balaban J connectivity index is 1.46. The SMILES string of the molecule is CCNC(=NCc1ccc(Oc2ccc(F)cc2)cc1)NCCNC(=O)C1CC1. The van der Waals surface area contributed by atoms with Gasteiger partial charge in [-0.1, -0.05) is 12.1 Å². The molecule has 2 aromatic carbocycles. The van der Waals surface area contributed by atoms with Crippen LogP contribution in [-0.2, 0) is 11.3 Å². The topological polar surface area (TPSA) is 74.8 Å². The summed E-state index contributed by atoms with van der Waals surface area (Å²) in [5.41, 5.74) is 1.04. The highest BCUT2D eigenvalue weighted by Gasteiger charge is 2.28. The largest absolute Gasteiger partial charge is 0.457 e. The predicted octanol–water partition coefficient (Wildman–Crippen LogP) is 3.20. The van der Waals surface area contributed by atoms with E-state index in [9.17, 15) is 9.18 Å². The normalized spacial score (nSPS) is 13.7. The van der Waals surface area contributed by atoms with E-state index >= 15 is 0 Å². The molecule has 2 aromatic rings. The molecule has 0 heterocycles. The summed E-state index contributed by atoms with van der Waals surface area (Å²) >= 11 is 0. The van der Waals surface area contributed by atoms with Gasteiger partial charge in [0.25, 0.3) is 0 Å². The van der Waals surface area contributed by atoms with E-state index in [1.165, 1.54) is 12.1 Å². The molecule has 0 aromatic heterocycles. The van der Waals surface area contributed by atoms with Crippen molar-refractivity contribution in [2.75, 3.05) is 19.6 Å². The fourth-order valence-corrected chi connectivity index (χ4v) is 2.67. The Labute approximate surface area is 170 Å². The third-order valence-corrected chi connectivity index (χ3v) is 4.40. The fourth-order valence-electron chi connectivity index (χ4n) is 2.67. The van der Waals surface area contributed by atoms with Gasteiger partial charge in [-0.3, -0.25) is 4.79 Å². The number of carbonyl (C=O) groups excluding carboxylic acids is 1. The first-order chi connectivity index (χ1) is 14.1. The summed E-state index contributed by atoms with van der Waals surface area (Å²) in [5, 5.41) is 9.34. The summed E-state index contributed by atoms with van der Waals surface area (Å²) in [6.45, 7) is 4.48. The molecule has 1 aliphatic carbocycles. The Morgan fingerprint density at radius 3 is 2.24 bits per heavy atom. The minimum absolute atomic E-state index is 0.150. The number of carbonyl (C=O) groups is 1. The van der Waals surface area contributed by atoms with Gasteiger partial charge < -0.3 is 20.7 Å². The summed E-state index contributed by atoms with van der Waals surface area (Å²) in [7, 11) is 0. The lowest BCUT2D eigenvalue weighted by atomic mass is 10.2. The molecule has 0 radical (unpaired) electrons. The number of ether oxygens (including phenoxy) is 1. The van der Waals surface area contributed by atoms with Crippen molar-refractivity contribution in [3.05, 3.63) is 59.9 Å². The van der Waals surface area contributed by atoms with E-state index < -0.39 is 0 Å². The lowest BCUT2D eigenvalue weighted by Crippen LogP contribution is -2.41. The number of benzene rings is 2. The van der Waals surface area contributed by atoms with Gasteiger partial charge in [0.05, 0.1) is 6.54 Å². The summed E-state index contributed by atoms with van der Waals surface area (Å²) in [6.07, 6.45) is 2.02. The number of aliphatic imine (C=N–C) groups is 1. The van der Waals surface area contributed by atoms with E-state index in [1.807, 2.05) is 31.2 Å². The third kappa shape index (κ3) is 7.10. The molecule has 0 spiro atoms. The number of nitrogens with zero attached hydrogens (tertiary/aromatic N) is 1. The zero-order valence-electron chi connectivity index (χ0n) is 16.6. The van der Waals surface area contributed by atoms with Crippen molar-refractivity contribution in [3.63, 3.8) is 0 Å². The van der Waals surface area contributed by atoms with E-state index in [4.69, 9.17) is 4.74 Å². The maximum atomic E-state index is 13.0. The molecular weight excluding hydrogens is 371 g/mol. The average molecular weight is 398 g/mol. The van der Waals surface area contributed by atoms with E-state index in [-0.39, 0.29) is 17.6 Å². The second-order valence-electron chi connectivity index (χ2n) is 6.89. The van der Waals surface area contributed by atoms with E-state index in [0.717, 1.165) is 24.9 Å². The Morgan fingerprint density at radius 2 is 1.62 bits per heavy atom. The van der Waals surface area contributed by atoms with Crippen molar-refractivity contribution in [3.8, 4) is 11.5 Å². The van der Waals surface area contributed by atoms with Gasteiger partial charge in [0, 0.05) is 25.6 Å². The summed E-state index contributed by atoms with van der Waals surface area (Å²) in [5.74, 6) is 2.06. The number of halogens is 1. The van der Waals surface area contributed by atoms with Crippen LogP contribution in [0.3, 0.4) is 0 Å². The predicted molar refractivity (Wildman–Crippen MR) is 111 cm³/mol. The van der Waals surface area contributed by atoms with Crippen LogP contribution < -0.4 is 20.7 Å². The van der Waals surface area contributed by atoms with Crippen LogP contribution in [0.15, 0.2) is 53.5 Å². The molecule has 1 saturated carbocycles. The van der Waals surface area contributed by atoms with Crippen LogP contribution in [0.25, 0.3) is 0 Å². The van der Waals surface area contributed by atoms with Gasteiger partial charge in [-0.2, -0.15) is 0 Å². The molecule has 0 aliphatic heterocycles. The van der Waals surface area contributed by atoms with Crippen LogP contribution >= 0.6 is 0 Å². The summed E-state index contributed by atoms with van der Waals surface area (Å²) < 4.78 is 18.7. The van der Waals surface area contributed by atoms with Gasteiger partial charge in [-0.25, -0.2) is 9.38 Å². The minimum atomic E-state index is -0.291. The second kappa shape index (κ2) is 10.5. The second-order valence-corrected chi connectivity index (χ2v) is 6.89. The maximum absolute atomic E-state index is 13.0. The standard InChI is InChI=1S/C22H27FN4O2/c1-2-24-22(26-14-13-25-21(28)17-5-6-17)27-15-16-3-9-19(10-4-16)29-20-11-7-18(23)8-12-20/h3-4,7-12,17H,2,5-6,13-15H2,1H3,(H,25,28)(H2,24,26,27). The van der Waals surface area contributed by atoms with Gasteiger partial charge in [0.2, 0.25) is 5.91 Å². The smallest absolute Gasteiger partial charge is 0.223 e. The molecule has 3 N–H and O–H groups in total. The third-order valence-electron chi connectivity index (χ3n) is 4.40. The molecule has 7 heteroatoms. The van der Waals surface area contributed by atoms with Crippen LogP contribution in [0.1, 0.15) is 25.3 Å². The van der Waals surface area contributed by atoms with Crippen molar-refractivity contribution >= 4 is 11.9 Å². The molecular formula is C22H27FN4O2. The Hall–Kier alpha value is -3.09. The molecule has 1 fully saturated rings. The number of hydrogen-bond donors (Lipinski definition) is 3. The number of rotatable bonds is 9. The van der Waals surface area contributed by atoms with Crippen LogP contribution in [0.2, 0.25) is 0 Å². The lowest BCUT2D eigenvalue weighted by molar-refractivity contribution is -0.122. The number of guanidine groups is 1. The minimum Gasteiger partial charge on any atom is -0.457 e. The molecule has 0 saturated heterocycles. The molecule has 29 heavy (non-hydrogen) atoms. The maximum Gasteiger partial charge on any atom is 0.223 e. The zero-order chi connectivity index (χ0) is 20.5. The fraction of sp³-hybridized carbons (Fsp3) is 0.364. The van der Waals surface area contributed by atoms with Crippen molar-refractivity contribution in [2.24, 2.45) is 10.9 Å². The first kappa shape index (κ1) is 20.6. The van der Waals surface area contributed by atoms with Crippen molar-refractivity contribution in [1.82, 2.24) is 16.0 Å². The van der Waals surface area contributed by atoms with Crippen molar-refractivity contribution < 1.29 is 13.9 Å². The van der Waals surface area contributed by atoms with E-state index in [2.05, 4.69) is 20.9 Å². The molecule has 3 rings (SSSR count). The molecule has 0 unspecified atom stereocenters. The van der Waals surface area contributed by atoms with Crippen molar-refractivity contribution in [2.45, 2.75) is 26.3 Å². The molecule has 0 bridgehead atoms.